The van der Waals surface area contributed by atoms with Crippen molar-refractivity contribution < 1.29 is 23.9 Å². The fourth-order valence-electron chi connectivity index (χ4n) is 5.20. The molecule has 8 nitrogen and oxygen atoms in total. The van der Waals surface area contributed by atoms with Crippen LogP contribution in [0.25, 0.3) is 0 Å². The van der Waals surface area contributed by atoms with Crippen molar-refractivity contribution in [2.45, 2.75) is 77.3 Å². The summed E-state index contributed by atoms with van der Waals surface area (Å²) in [6, 6.07) is 13.7. The number of carbonyl (C=O) groups excluding carboxylic acids is 3. The third-order valence-electron chi connectivity index (χ3n) is 7.59. The van der Waals surface area contributed by atoms with Crippen LogP contribution < -0.4 is 11.1 Å². The lowest BCUT2D eigenvalue weighted by molar-refractivity contribution is -0.141. The topological polar surface area (TPSA) is 111 Å². The highest BCUT2D eigenvalue weighted by atomic mass is 16.5. The molecule has 0 aromatic heterocycles. The Morgan fingerprint density at radius 2 is 1.82 bits per heavy atom. The van der Waals surface area contributed by atoms with Crippen molar-refractivity contribution in [1.29, 1.82) is 0 Å². The maximum absolute atomic E-state index is 13.6. The van der Waals surface area contributed by atoms with Crippen LogP contribution in [0.2, 0.25) is 0 Å². The summed E-state index contributed by atoms with van der Waals surface area (Å²) in [6.45, 7) is 6.36. The summed E-state index contributed by atoms with van der Waals surface area (Å²) in [5.41, 5.74) is 9.66. The third kappa shape index (κ3) is 6.25. The molecule has 1 heterocycles. The van der Waals surface area contributed by atoms with Crippen molar-refractivity contribution in [3.05, 3.63) is 70.8 Å². The first-order chi connectivity index (χ1) is 18.1. The molecule has 3 N–H and O–H groups in total. The fourth-order valence-corrected chi connectivity index (χ4v) is 5.20. The number of carbonyl (C=O) groups is 3. The number of nitrogens with one attached hydrogen (secondary N) is 1. The molecule has 0 radical (unpaired) electrons. The van der Waals surface area contributed by atoms with Gasteiger partial charge in [0.15, 0.2) is 0 Å². The van der Waals surface area contributed by atoms with Gasteiger partial charge in [0.1, 0.15) is 6.04 Å². The fraction of sp³-hybridized carbons (Fsp3) is 0.500. The lowest BCUT2D eigenvalue weighted by Crippen LogP contribution is -2.55. The molecule has 1 saturated heterocycles. The second-order valence-electron chi connectivity index (χ2n) is 11.4. The molecule has 0 unspecified atom stereocenters. The second kappa shape index (κ2) is 11.7. The minimum absolute atomic E-state index is 0.0750. The SMILES string of the molecule is COC(=O)c1ccc(CO[C@H]2C[C@@H](C(=O)N[C@@H]3CCCc4ccccc43)N(C(=O)[C@@H](N)C(C)(C)C)C2)cc1. The van der Waals surface area contributed by atoms with Crippen LogP contribution in [-0.4, -0.2) is 54.5 Å². The highest BCUT2D eigenvalue weighted by Crippen LogP contribution is 2.31. The normalized spacial score (nSPS) is 21.9. The monoisotopic (exact) mass is 521 g/mol. The molecular weight excluding hydrogens is 482 g/mol. The first-order valence-corrected chi connectivity index (χ1v) is 13.3. The zero-order valence-electron chi connectivity index (χ0n) is 22.7. The lowest BCUT2D eigenvalue weighted by Gasteiger charge is -2.33. The van der Waals surface area contributed by atoms with Gasteiger partial charge in [0.25, 0.3) is 0 Å². The van der Waals surface area contributed by atoms with Crippen LogP contribution >= 0.6 is 0 Å². The number of esters is 1. The Hall–Kier alpha value is -3.23. The van der Waals surface area contributed by atoms with E-state index in [0.717, 1.165) is 30.4 Å². The average molecular weight is 522 g/mol. The summed E-state index contributed by atoms with van der Waals surface area (Å²) in [5, 5.41) is 3.22. The van der Waals surface area contributed by atoms with Gasteiger partial charge in [0.05, 0.1) is 37.5 Å². The summed E-state index contributed by atoms with van der Waals surface area (Å²) < 4.78 is 10.9. The molecule has 38 heavy (non-hydrogen) atoms. The van der Waals surface area contributed by atoms with Crippen LogP contribution in [0.5, 0.6) is 0 Å². The molecule has 2 aromatic carbocycles. The van der Waals surface area contributed by atoms with E-state index < -0.39 is 23.5 Å². The van der Waals surface area contributed by atoms with E-state index in [1.54, 1.807) is 17.0 Å². The van der Waals surface area contributed by atoms with Gasteiger partial charge in [-0.05, 0) is 53.5 Å². The quantitative estimate of drug-likeness (QED) is 0.540. The molecule has 0 spiro atoms. The van der Waals surface area contributed by atoms with Gasteiger partial charge in [-0.1, -0.05) is 57.2 Å². The Kier molecular flexibility index (Phi) is 8.53. The minimum Gasteiger partial charge on any atom is -0.465 e. The van der Waals surface area contributed by atoms with E-state index in [1.807, 2.05) is 45.0 Å². The summed E-state index contributed by atoms with van der Waals surface area (Å²) in [5.74, 6) is -0.808. The second-order valence-corrected chi connectivity index (χ2v) is 11.4. The number of likely N-dealkylation sites (tertiary alicyclic amines) is 1. The van der Waals surface area contributed by atoms with Crippen molar-refractivity contribution in [3.8, 4) is 0 Å². The Balaban J connectivity index is 1.47. The van der Waals surface area contributed by atoms with Gasteiger partial charge in [0, 0.05) is 13.0 Å². The van der Waals surface area contributed by atoms with Gasteiger partial charge >= 0.3 is 5.97 Å². The Bertz CT molecular complexity index is 1160. The van der Waals surface area contributed by atoms with Gasteiger partial charge in [-0.2, -0.15) is 0 Å². The summed E-state index contributed by atoms with van der Waals surface area (Å²) >= 11 is 0. The number of methoxy groups -OCH3 is 1. The van der Waals surface area contributed by atoms with Gasteiger partial charge in [-0.15, -0.1) is 0 Å². The van der Waals surface area contributed by atoms with Crippen molar-refractivity contribution >= 4 is 17.8 Å². The van der Waals surface area contributed by atoms with Crippen LogP contribution in [-0.2, 0) is 32.1 Å². The van der Waals surface area contributed by atoms with Crippen molar-refractivity contribution in [3.63, 3.8) is 0 Å². The van der Waals surface area contributed by atoms with Crippen LogP contribution in [0.4, 0.5) is 0 Å². The standard InChI is InChI=1S/C30H39N3O5/c1-30(2,3)26(31)28(35)33-17-22(38-18-19-12-14-21(15-13-19)29(36)37-4)16-25(33)27(34)32-24-11-7-9-20-8-5-6-10-23(20)24/h5-6,8,10,12-15,22,24-26H,7,9,11,16-18,31H2,1-4H3,(H,32,34)/t22-,24+,25-,26+/m0/s1. The number of hydrogen-bond acceptors (Lipinski definition) is 6. The van der Waals surface area contributed by atoms with Gasteiger partial charge in [-0.3, -0.25) is 9.59 Å². The molecule has 1 aliphatic heterocycles. The maximum Gasteiger partial charge on any atom is 0.337 e. The van der Waals surface area contributed by atoms with Crippen molar-refractivity contribution in [2.75, 3.05) is 13.7 Å². The first-order valence-electron chi connectivity index (χ1n) is 13.3. The number of amides is 2. The first kappa shape index (κ1) is 27.8. The zero-order chi connectivity index (χ0) is 27.4. The van der Waals surface area contributed by atoms with Gasteiger partial charge in [0.2, 0.25) is 11.8 Å². The van der Waals surface area contributed by atoms with Crippen molar-refractivity contribution in [1.82, 2.24) is 10.2 Å². The zero-order valence-corrected chi connectivity index (χ0v) is 22.7. The molecule has 2 aliphatic rings. The van der Waals surface area contributed by atoms with Gasteiger partial charge in [-0.25, -0.2) is 4.79 Å². The highest BCUT2D eigenvalue weighted by molar-refractivity contribution is 5.91. The minimum atomic E-state index is -0.738. The van der Waals surface area contributed by atoms with E-state index in [2.05, 4.69) is 17.4 Å². The number of ether oxygens (including phenoxy) is 2. The van der Waals surface area contributed by atoms with Gasteiger partial charge < -0.3 is 25.4 Å². The van der Waals surface area contributed by atoms with E-state index in [0.29, 0.717) is 25.1 Å². The Labute approximate surface area is 224 Å². The number of fused-ring (bicyclic) bond motifs is 1. The molecule has 2 amide bonds. The molecule has 204 valence electrons. The van der Waals surface area contributed by atoms with Crippen LogP contribution in [0.3, 0.4) is 0 Å². The predicted molar refractivity (Wildman–Crippen MR) is 144 cm³/mol. The average Bonchev–Trinajstić information content (AvgIpc) is 3.35. The number of nitrogens with two attached hydrogens (primary N) is 1. The number of hydrogen-bond donors (Lipinski definition) is 2. The smallest absolute Gasteiger partial charge is 0.337 e. The number of benzene rings is 2. The molecule has 4 atom stereocenters. The van der Waals surface area contributed by atoms with Crippen LogP contribution in [0, 0.1) is 5.41 Å². The molecule has 0 bridgehead atoms. The van der Waals surface area contributed by atoms with E-state index in [4.69, 9.17) is 15.2 Å². The third-order valence-corrected chi connectivity index (χ3v) is 7.59. The van der Waals surface area contributed by atoms with Crippen LogP contribution in [0.1, 0.15) is 73.1 Å². The molecule has 8 heteroatoms. The van der Waals surface area contributed by atoms with E-state index in [1.165, 1.54) is 12.7 Å². The molecule has 0 saturated carbocycles. The molecular formula is C30H39N3O5. The number of aryl methyl sites for hydroxylation is 1. The van der Waals surface area contributed by atoms with E-state index in [9.17, 15) is 14.4 Å². The predicted octanol–water partition coefficient (Wildman–Crippen LogP) is 3.53. The maximum atomic E-state index is 13.6. The number of rotatable bonds is 7. The largest absolute Gasteiger partial charge is 0.465 e. The van der Waals surface area contributed by atoms with E-state index in [-0.39, 0.29) is 24.0 Å². The highest BCUT2D eigenvalue weighted by Gasteiger charge is 2.44. The van der Waals surface area contributed by atoms with Crippen LogP contribution in [0.15, 0.2) is 48.5 Å². The summed E-state index contributed by atoms with van der Waals surface area (Å²) in [4.78, 5) is 40.4. The number of nitrogens with zero attached hydrogens (tertiary/aromatic N) is 1. The Morgan fingerprint density at radius 1 is 1.11 bits per heavy atom. The molecule has 2 aromatic rings. The lowest BCUT2D eigenvalue weighted by atomic mass is 9.86. The molecule has 1 fully saturated rings. The molecule has 4 rings (SSSR count). The molecule has 1 aliphatic carbocycles. The van der Waals surface area contributed by atoms with E-state index >= 15 is 0 Å². The summed E-state index contributed by atoms with van der Waals surface area (Å²) in [6.07, 6.45) is 2.95. The Morgan fingerprint density at radius 3 is 2.50 bits per heavy atom. The van der Waals surface area contributed by atoms with Crippen molar-refractivity contribution in [2.24, 2.45) is 11.1 Å². The summed E-state index contributed by atoms with van der Waals surface area (Å²) in [7, 11) is 1.34.